The summed E-state index contributed by atoms with van der Waals surface area (Å²) in [5.41, 5.74) is 0. The van der Waals surface area contributed by atoms with E-state index < -0.39 is 18.0 Å². The number of aryl methyl sites for hydroxylation is 1. The molecule has 1 aromatic heterocycles. The number of aromatic nitrogens is 3. The van der Waals surface area contributed by atoms with Crippen molar-refractivity contribution in [1.29, 1.82) is 0 Å². The maximum Gasteiger partial charge on any atom is 0.328 e. The van der Waals surface area contributed by atoms with Crippen molar-refractivity contribution in [2.75, 3.05) is 20.3 Å². The van der Waals surface area contributed by atoms with E-state index in [4.69, 9.17) is 9.84 Å². The predicted octanol–water partition coefficient (Wildman–Crippen LogP) is -0.933. The number of ether oxygens (including phenoxy) is 1. The number of methoxy groups -OCH3 is 1. The first kappa shape index (κ1) is 14.9. The quantitative estimate of drug-likeness (QED) is 0.525. The second-order valence-electron chi connectivity index (χ2n) is 3.77. The standard InChI is InChI=1S/C10H17N5O4/c1-19-7-8(9(16)17)13-10(18)11-3-2-5-15-6-4-12-14-15/h4,6,8H,2-3,5,7H2,1H3,(H,16,17)(H2,11,13,18). The molecule has 1 atom stereocenters. The van der Waals surface area contributed by atoms with Crippen molar-refractivity contribution in [3.05, 3.63) is 12.4 Å². The number of amides is 2. The molecule has 0 aromatic carbocycles. The van der Waals surface area contributed by atoms with Crippen LogP contribution in [0.25, 0.3) is 0 Å². The molecule has 9 heteroatoms. The Balaban J connectivity index is 2.17. The van der Waals surface area contributed by atoms with E-state index >= 15 is 0 Å². The molecule has 2 amide bonds. The highest BCUT2D eigenvalue weighted by Crippen LogP contribution is 1.88. The predicted molar refractivity (Wildman–Crippen MR) is 64.5 cm³/mol. The molecular weight excluding hydrogens is 254 g/mol. The van der Waals surface area contributed by atoms with Crippen LogP contribution in [0.1, 0.15) is 6.42 Å². The Labute approximate surface area is 109 Å². The fourth-order valence-electron chi connectivity index (χ4n) is 1.35. The van der Waals surface area contributed by atoms with E-state index in [-0.39, 0.29) is 6.61 Å². The Hall–Kier alpha value is -2.16. The number of nitrogens with one attached hydrogen (secondary N) is 2. The molecule has 1 rings (SSSR count). The van der Waals surface area contributed by atoms with Crippen LogP contribution in [0.3, 0.4) is 0 Å². The zero-order chi connectivity index (χ0) is 14.1. The number of carboxylic acids is 1. The van der Waals surface area contributed by atoms with Crippen LogP contribution in [0.15, 0.2) is 12.4 Å². The molecule has 0 spiro atoms. The van der Waals surface area contributed by atoms with E-state index in [1.165, 1.54) is 7.11 Å². The molecule has 1 aromatic rings. The molecule has 0 aliphatic carbocycles. The lowest BCUT2D eigenvalue weighted by Gasteiger charge is -2.14. The van der Waals surface area contributed by atoms with Gasteiger partial charge in [-0.3, -0.25) is 4.68 Å². The Morgan fingerprint density at radius 3 is 2.89 bits per heavy atom. The van der Waals surface area contributed by atoms with Crippen LogP contribution >= 0.6 is 0 Å². The maximum absolute atomic E-state index is 11.4. The van der Waals surface area contributed by atoms with Gasteiger partial charge in [-0.1, -0.05) is 5.21 Å². The average Bonchev–Trinajstić information content (AvgIpc) is 2.87. The van der Waals surface area contributed by atoms with E-state index in [0.717, 1.165) is 0 Å². The van der Waals surface area contributed by atoms with E-state index in [1.54, 1.807) is 17.1 Å². The summed E-state index contributed by atoms with van der Waals surface area (Å²) in [5.74, 6) is -1.14. The molecule has 0 saturated heterocycles. The molecule has 0 saturated carbocycles. The summed E-state index contributed by atoms with van der Waals surface area (Å²) in [6.45, 7) is 0.952. The zero-order valence-electron chi connectivity index (χ0n) is 10.6. The largest absolute Gasteiger partial charge is 0.480 e. The Morgan fingerprint density at radius 2 is 2.32 bits per heavy atom. The molecular formula is C10H17N5O4. The Bertz CT molecular complexity index is 395. The van der Waals surface area contributed by atoms with Gasteiger partial charge in [0.05, 0.1) is 12.8 Å². The minimum Gasteiger partial charge on any atom is -0.480 e. The van der Waals surface area contributed by atoms with Crippen LogP contribution < -0.4 is 10.6 Å². The average molecular weight is 271 g/mol. The molecule has 19 heavy (non-hydrogen) atoms. The molecule has 0 radical (unpaired) electrons. The van der Waals surface area contributed by atoms with Gasteiger partial charge in [0.2, 0.25) is 0 Å². The molecule has 3 N–H and O–H groups in total. The van der Waals surface area contributed by atoms with E-state index in [0.29, 0.717) is 19.5 Å². The number of carbonyl (C=O) groups excluding carboxylic acids is 1. The van der Waals surface area contributed by atoms with Crippen molar-refractivity contribution in [3.63, 3.8) is 0 Å². The first-order chi connectivity index (χ1) is 9.13. The summed E-state index contributed by atoms with van der Waals surface area (Å²) in [6, 6.07) is -1.59. The smallest absolute Gasteiger partial charge is 0.328 e. The van der Waals surface area contributed by atoms with Crippen molar-refractivity contribution in [2.24, 2.45) is 0 Å². The van der Waals surface area contributed by atoms with Gasteiger partial charge in [0, 0.05) is 26.4 Å². The van der Waals surface area contributed by atoms with Gasteiger partial charge < -0.3 is 20.5 Å². The summed E-state index contributed by atoms with van der Waals surface area (Å²) < 4.78 is 6.34. The first-order valence-electron chi connectivity index (χ1n) is 5.73. The van der Waals surface area contributed by atoms with Gasteiger partial charge in [-0.15, -0.1) is 5.10 Å². The van der Waals surface area contributed by atoms with Gasteiger partial charge >= 0.3 is 12.0 Å². The van der Waals surface area contributed by atoms with Gasteiger partial charge in [-0.05, 0) is 6.42 Å². The van der Waals surface area contributed by atoms with E-state index in [9.17, 15) is 9.59 Å². The summed E-state index contributed by atoms with van der Waals surface area (Å²) in [7, 11) is 1.37. The van der Waals surface area contributed by atoms with Gasteiger partial charge in [0.15, 0.2) is 6.04 Å². The number of aliphatic carboxylic acids is 1. The van der Waals surface area contributed by atoms with Crippen LogP contribution in [0, 0.1) is 0 Å². The molecule has 0 aliphatic rings. The maximum atomic E-state index is 11.4. The van der Waals surface area contributed by atoms with Gasteiger partial charge in [-0.2, -0.15) is 0 Å². The second kappa shape index (κ2) is 8.03. The van der Waals surface area contributed by atoms with Crippen molar-refractivity contribution in [2.45, 2.75) is 19.0 Å². The molecule has 9 nitrogen and oxygen atoms in total. The number of hydrogen-bond acceptors (Lipinski definition) is 5. The highest BCUT2D eigenvalue weighted by atomic mass is 16.5. The Morgan fingerprint density at radius 1 is 1.53 bits per heavy atom. The summed E-state index contributed by atoms with van der Waals surface area (Å²) in [6.07, 6.45) is 3.96. The molecule has 0 bridgehead atoms. The molecule has 0 fully saturated rings. The van der Waals surface area contributed by atoms with Crippen LogP contribution in [0.5, 0.6) is 0 Å². The van der Waals surface area contributed by atoms with E-state index in [2.05, 4.69) is 20.9 Å². The highest BCUT2D eigenvalue weighted by Gasteiger charge is 2.19. The van der Waals surface area contributed by atoms with Gasteiger partial charge in [0.1, 0.15) is 0 Å². The second-order valence-corrected chi connectivity index (χ2v) is 3.77. The lowest BCUT2D eigenvalue weighted by molar-refractivity contribution is -0.140. The van der Waals surface area contributed by atoms with Crippen molar-refractivity contribution in [1.82, 2.24) is 25.6 Å². The molecule has 0 aliphatic heterocycles. The van der Waals surface area contributed by atoms with E-state index in [1.807, 2.05) is 0 Å². The SMILES string of the molecule is COCC(NC(=O)NCCCn1ccnn1)C(=O)O. The lowest BCUT2D eigenvalue weighted by Crippen LogP contribution is -2.48. The van der Waals surface area contributed by atoms with Crippen LogP contribution in [0.2, 0.25) is 0 Å². The zero-order valence-corrected chi connectivity index (χ0v) is 10.6. The highest BCUT2D eigenvalue weighted by molar-refractivity contribution is 5.82. The molecule has 106 valence electrons. The number of urea groups is 1. The Kier molecular flexibility index (Phi) is 6.30. The van der Waals surface area contributed by atoms with Gasteiger partial charge in [0.25, 0.3) is 0 Å². The number of carboxylic acid groups (broad SMARTS) is 1. The summed E-state index contributed by atoms with van der Waals surface area (Å²) in [5, 5.41) is 21.1. The van der Waals surface area contributed by atoms with Crippen molar-refractivity contribution < 1.29 is 19.4 Å². The van der Waals surface area contributed by atoms with Crippen LogP contribution in [0.4, 0.5) is 4.79 Å². The monoisotopic (exact) mass is 271 g/mol. The fourth-order valence-corrected chi connectivity index (χ4v) is 1.35. The third kappa shape index (κ3) is 5.82. The topological polar surface area (TPSA) is 118 Å². The third-order valence-corrected chi connectivity index (χ3v) is 2.26. The number of hydrogen-bond donors (Lipinski definition) is 3. The summed E-state index contributed by atoms with van der Waals surface area (Å²) >= 11 is 0. The molecule has 1 unspecified atom stereocenters. The summed E-state index contributed by atoms with van der Waals surface area (Å²) in [4.78, 5) is 22.2. The minimum atomic E-state index is -1.14. The van der Waals surface area contributed by atoms with Crippen molar-refractivity contribution >= 4 is 12.0 Å². The van der Waals surface area contributed by atoms with Crippen LogP contribution in [-0.2, 0) is 16.1 Å². The lowest BCUT2D eigenvalue weighted by atomic mass is 10.3. The van der Waals surface area contributed by atoms with Crippen molar-refractivity contribution in [3.8, 4) is 0 Å². The third-order valence-electron chi connectivity index (χ3n) is 2.26. The van der Waals surface area contributed by atoms with Crippen LogP contribution in [-0.4, -0.2) is 58.4 Å². The first-order valence-corrected chi connectivity index (χ1v) is 5.73. The normalized spacial score (nSPS) is 11.8. The van der Waals surface area contributed by atoms with Gasteiger partial charge in [-0.25, -0.2) is 9.59 Å². The number of nitrogens with zero attached hydrogens (tertiary/aromatic N) is 3. The number of carbonyl (C=O) groups is 2. The molecule has 1 heterocycles. The number of rotatable bonds is 8. The fraction of sp³-hybridized carbons (Fsp3) is 0.600. The minimum absolute atomic E-state index is 0.0816.